The van der Waals surface area contributed by atoms with Gasteiger partial charge in [-0.1, -0.05) is 12.1 Å². The Morgan fingerprint density at radius 3 is 2.54 bits per heavy atom. The van der Waals surface area contributed by atoms with Gasteiger partial charge in [0, 0.05) is 12.1 Å². The number of thioether (sulfide) groups is 1. The molecular formula is C25H26N2O7S. The first-order chi connectivity index (χ1) is 16.9. The third-order valence-electron chi connectivity index (χ3n) is 6.94. The fourth-order valence-electron chi connectivity index (χ4n) is 5.36. The summed E-state index contributed by atoms with van der Waals surface area (Å²) >= 11 is 1.54. The Labute approximate surface area is 206 Å². The predicted octanol–water partition coefficient (Wildman–Crippen LogP) is 2.28. The zero-order valence-electron chi connectivity index (χ0n) is 19.4. The highest BCUT2D eigenvalue weighted by Gasteiger charge is 2.68. The van der Waals surface area contributed by atoms with E-state index in [0.29, 0.717) is 48.1 Å². The van der Waals surface area contributed by atoms with Gasteiger partial charge in [0.2, 0.25) is 11.8 Å². The van der Waals surface area contributed by atoms with Gasteiger partial charge >= 0.3 is 5.97 Å². The number of benzene rings is 2. The topological polar surface area (TPSA) is 114 Å². The number of phenolic OH excluding ortho intramolecular Hbond substituents is 1. The van der Waals surface area contributed by atoms with Crippen LogP contribution in [0.1, 0.15) is 18.0 Å². The molecule has 0 aliphatic carbocycles. The Morgan fingerprint density at radius 2 is 1.86 bits per heavy atom. The summed E-state index contributed by atoms with van der Waals surface area (Å²) in [6.45, 7) is 0.797. The number of amides is 2. The van der Waals surface area contributed by atoms with Crippen molar-refractivity contribution in [2.24, 2.45) is 11.8 Å². The number of methoxy groups -OCH3 is 1. The van der Waals surface area contributed by atoms with Crippen molar-refractivity contribution in [3.8, 4) is 17.2 Å². The average Bonchev–Trinajstić information content (AvgIpc) is 3.36. The summed E-state index contributed by atoms with van der Waals surface area (Å²) in [6.07, 6.45) is 2.22. The summed E-state index contributed by atoms with van der Waals surface area (Å²) in [4.78, 5) is 42.2. The van der Waals surface area contributed by atoms with Crippen LogP contribution in [0.25, 0.3) is 0 Å². The molecule has 2 amide bonds. The maximum absolute atomic E-state index is 13.9. The molecule has 9 nitrogen and oxygen atoms in total. The largest absolute Gasteiger partial charge is 0.508 e. The Hall–Kier alpha value is -3.24. The standard InChI is InChI=1S/C25H26N2O7S/c1-32-24(31)25(9-12-35-2)20-19(21(26-25)14-3-6-16(28)7-4-14)22(29)27(23(20)30)15-5-8-17-18(13-15)34-11-10-33-17/h3-8,13,19-21,26,28H,9-12H2,1-2H3/t19-,20+,21+,25+/m0/s1. The van der Waals surface area contributed by atoms with Crippen molar-refractivity contribution in [1.29, 1.82) is 0 Å². The molecule has 0 saturated carbocycles. The number of nitrogens with one attached hydrogen (secondary N) is 1. The molecule has 2 saturated heterocycles. The zero-order valence-corrected chi connectivity index (χ0v) is 20.2. The van der Waals surface area contributed by atoms with Crippen LogP contribution in [0.4, 0.5) is 5.69 Å². The number of carbonyl (C=O) groups is 3. The van der Waals surface area contributed by atoms with Crippen molar-refractivity contribution >= 4 is 35.2 Å². The highest BCUT2D eigenvalue weighted by atomic mass is 32.2. The molecule has 3 aliphatic rings. The number of carbonyl (C=O) groups excluding carboxylic acids is 3. The number of rotatable bonds is 6. The van der Waals surface area contributed by atoms with Crippen molar-refractivity contribution in [3.63, 3.8) is 0 Å². The van der Waals surface area contributed by atoms with Crippen LogP contribution in [-0.2, 0) is 19.1 Å². The molecular weight excluding hydrogens is 472 g/mol. The predicted molar refractivity (Wildman–Crippen MR) is 129 cm³/mol. The quantitative estimate of drug-likeness (QED) is 0.457. The number of ether oxygens (including phenoxy) is 3. The van der Waals surface area contributed by atoms with Crippen molar-refractivity contribution in [2.75, 3.05) is 37.2 Å². The lowest BCUT2D eigenvalue weighted by Gasteiger charge is -2.32. The van der Waals surface area contributed by atoms with Crippen LogP contribution in [0.15, 0.2) is 42.5 Å². The molecule has 2 N–H and O–H groups in total. The van der Waals surface area contributed by atoms with Crippen LogP contribution in [0.2, 0.25) is 0 Å². The van der Waals surface area contributed by atoms with Gasteiger partial charge in [0.15, 0.2) is 11.5 Å². The molecule has 3 aliphatic heterocycles. The average molecular weight is 499 g/mol. The molecule has 184 valence electrons. The summed E-state index contributed by atoms with van der Waals surface area (Å²) in [5.41, 5.74) is -0.315. The second-order valence-electron chi connectivity index (χ2n) is 8.76. The highest BCUT2D eigenvalue weighted by molar-refractivity contribution is 7.98. The first-order valence-electron chi connectivity index (χ1n) is 11.3. The van der Waals surface area contributed by atoms with Crippen molar-refractivity contribution < 1.29 is 33.7 Å². The number of fused-ring (bicyclic) bond motifs is 2. The lowest BCUT2D eigenvalue weighted by atomic mass is 9.78. The van der Waals surface area contributed by atoms with Gasteiger partial charge in [-0.3, -0.25) is 19.7 Å². The SMILES string of the molecule is COC(=O)[C@]1(CCSC)N[C@H](c2ccc(O)cc2)[C@H]2C(=O)N(c3ccc4c(c3)OCCO4)C(=O)[C@@H]21. The summed E-state index contributed by atoms with van der Waals surface area (Å²) < 4.78 is 16.4. The number of imide groups is 1. The van der Waals surface area contributed by atoms with Gasteiger partial charge in [-0.15, -0.1) is 0 Å². The molecule has 0 radical (unpaired) electrons. The number of esters is 1. The Bertz CT molecular complexity index is 1170. The lowest BCUT2D eigenvalue weighted by Crippen LogP contribution is -2.56. The second kappa shape index (κ2) is 9.09. The molecule has 10 heteroatoms. The van der Waals surface area contributed by atoms with Crippen LogP contribution in [0.5, 0.6) is 17.2 Å². The fourth-order valence-corrected chi connectivity index (χ4v) is 5.89. The van der Waals surface area contributed by atoms with Crippen molar-refractivity contribution in [2.45, 2.75) is 18.0 Å². The summed E-state index contributed by atoms with van der Waals surface area (Å²) in [6, 6.07) is 10.7. The van der Waals surface area contributed by atoms with Crippen LogP contribution in [0, 0.1) is 11.8 Å². The van der Waals surface area contributed by atoms with Crippen molar-refractivity contribution in [3.05, 3.63) is 48.0 Å². The number of anilines is 1. The molecule has 0 unspecified atom stereocenters. The van der Waals surface area contributed by atoms with Crippen molar-refractivity contribution in [1.82, 2.24) is 5.32 Å². The van der Waals surface area contributed by atoms with Crippen LogP contribution >= 0.6 is 11.8 Å². The highest BCUT2D eigenvalue weighted by Crippen LogP contribution is 2.52. The number of hydrogen-bond donors (Lipinski definition) is 2. The molecule has 2 fully saturated rings. The van der Waals surface area contributed by atoms with Gasteiger partial charge in [0.25, 0.3) is 0 Å². The second-order valence-corrected chi connectivity index (χ2v) is 9.75. The molecule has 0 bridgehead atoms. The minimum Gasteiger partial charge on any atom is -0.508 e. The number of nitrogens with zero attached hydrogens (tertiary/aromatic N) is 1. The molecule has 3 heterocycles. The van der Waals surface area contributed by atoms with Gasteiger partial charge in [-0.2, -0.15) is 11.8 Å². The van der Waals surface area contributed by atoms with Gasteiger partial charge in [-0.25, -0.2) is 4.90 Å². The first kappa shape index (κ1) is 23.5. The monoisotopic (exact) mass is 498 g/mol. The van der Waals surface area contributed by atoms with E-state index in [-0.39, 0.29) is 5.75 Å². The number of hydrogen-bond acceptors (Lipinski definition) is 9. The molecule has 0 spiro atoms. The first-order valence-corrected chi connectivity index (χ1v) is 12.7. The molecule has 2 aromatic rings. The van der Waals surface area contributed by atoms with Gasteiger partial charge < -0.3 is 19.3 Å². The summed E-state index contributed by atoms with van der Waals surface area (Å²) in [5, 5.41) is 13.1. The van der Waals surface area contributed by atoms with E-state index < -0.39 is 41.2 Å². The minimum atomic E-state index is -1.37. The normalized spacial score (nSPS) is 27.1. The van der Waals surface area contributed by atoms with Crippen LogP contribution < -0.4 is 19.7 Å². The van der Waals surface area contributed by atoms with E-state index in [1.54, 1.807) is 42.1 Å². The van der Waals surface area contributed by atoms with Gasteiger partial charge in [0.05, 0.1) is 24.6 Å². The molecule has 0 aromatic heterocycles. The fraction of sp³-hybridized carbons (Fsp3) is 0.400. The van der Waals surface area contributed by atoms with E-state index in [2.05, 4.69) is 5.32 Å². The zero-order chi connectivity index (χ0) is 24.7. The Kier molecular flexibility index (Phi) is 6.10. The molecule has 35 heavy (non-hydrogen) atoms. The van der Waals surface area contributed by atoms with E-state index in [1.807, 2.05) is 6.26 Å². The van der Waals surface area contributed by atoms with E-state index in [0.717, 1.165) is 4.90 Å². The van der Waals surface area contributed by atoms with Gasteiger partial charge in [-0.05, 0) is 48.3 Å². The lowest BCUT2D eigenvalue weighted by molar-refractivity contribution is -0.152. The van der Waals surface area contributed by atoms with Gasteiger partial charge in [0.1, 0.15) is 24.5 Å². The Balaban J connectivity index is 1.61. The number of aromatic hydroxyl groups is 1. The third-order valence-corrected chi connectivity index (χ3v) is 7.55. The summed E-state index contributed by atoms with van der Waals surface area (Å²) in [7, 11) is 1.29. The maximum atomic E-state index is 13.9. The smallest absolute Gasteiger partial charge is 0.326 e. The van der Waals surface area contributed by atoms with Crippen LogP contribution in [-0.4, -0.2) is 60.8 Å². The number of phenols is 1. The van der Waals surface area contributed by atoms with E-state index in [1.165, 1.54) is 19.2 Å². The minimum absolute atomic E-state index is 0.0802. The van der Waals surface area contributed by atoms with E-state index in [9.17, 15) is 19.5 Å². The molecule has 4 atom stereocenters. The summed E-state index contributed by atoms with van der Waals surface area (Å²) in [5.74, 6) is -1.56. The van der Waals surface area contributed by atoms with E-state index in [4.69, 9.17) is 14.2 Å². The molecule has 5 rings (SSSR count). The maximum Gasteiger partial charge on any atom is 0.326 e. The Morgan fingerprint density at radius 1 is 1.14 bits per heavy atom. The van der Waals surface area contributed by atoms with Crippen LogP contribution in [0.3, 0.4) is 0 Å². The third kappa shape index (κ3) is 3.71. The van der Waals surface area contributed by atoms with E-state index >= 15 is 0 Å². The molecule has 2 aromatic carbocycles.